The summed E-state index contributed by atoms with van der Waals surface area (Å²) >= 11 is 0. The minimum Gasteiger partial charge on any atom is -0.487 e. The van der Waals surface area contributed by atoms with Crippen molar-refractivity contribution in [2.45, 2.75) is 25.8 Å². The van der Waals surface area contributed by atoms with E-state index in [2.05, 4.69) is 11.9 Å². The summed E-state index contributed by atoms with van der Waals surface area (Å²) in [6, 6.07) is 3.84. The molecule has 0 aliphatic carbocycles. The Morgan fingerprint density at radius 1 is 1.42 bits per heavy atom. The average Bonchev–Trinajstić information content (AvgIpc) is 2.54. The summed E-state index contributed by atoms with van der Waals surface area (Å²) in [6.07, 6.45) is 0.324. The predicted octanol–water partition coefficient (Wildman–Crippen LogP) is 1.99. The molecule has 1 unspecified atom stereocenters. The Labute approximate surface area is 124 Å². The topological polar surface area (TPSA) is 50.7 Å². The number of para-hydroxylation sites is 2. The minimum atomic E-state index is -3.11. The van der Waals surface area contributed by atoms with E-state index in [-0.39, 0.29) is 13.2 Å². The van der Waals surface area contributed by atoms with Crippen LogP contribution in [0.25, 0.3) is 0 Å². The molecule has 0 saturated carbocycles. The van der Waals surface area contributed by atoms with Crippen LogP contribution in [0.2, 0.25) is 0 Å². The van der Waals surface area contributed by atoms with E-state index >= 15 is 0 Å². The van der Waals surface area contributed by atoms with Crippen molar-refractivity contribution in [2.24, 2.45) is 0 Å². The molecule has 0 heterocycles. The summed E-state index contributed by atoms with van der Waals surface area (Å²) in [5, 5.41) is 12.1. The van der Waals surface area contributed by atoms with E-state index in [9.17, 15) is 5.11 Å². The molecule has 106 valence electrons. The molecule has 4 nitrogen and oxygen atoms in total. The van der Waals surface area contributed by atoms with Crippen LogP contribution in [0.15, 0.2) is 36.9 Å². The maximum Gasteiger partial charge on any atom is 0.161 e. The van der Waals surface area contributed by atoms with Gasteiger partial charge in [0.2, 0.25) is 0 Å². The molecule has 0 radical (unpaired) electrons. The van der Waals surface area contributed by atoms with Gasteiger partial charge in [0.05, 0.1) is 0 Å². The molecule has 1 atom stereocenters. The van der Waals surface area contributed by atoms with Gasteiger partial charge in [0.1, 0.15) is 19.3 Å². The molecule has 0 fully saturated rings. The van der Waals surface area contributed by atoms with Crippen molar-refractivity contribution in [3.05, 3.63) is 36.9 Å². The SMILES string of the molecule is [2H]C([2H])([2H])C([2H])(NCC(O)COc1ccccc1OCC=C)C([2H])([2H])[2H]. The van der Waals surface area contributed by atoms with Gasteiger partial charge in [0, 0.05) is 22.2 Å². The Bertz CT molecular complexity index is 575. The van der Waals surface area contributed by atoms with Crippen molar-refractivity contribution in [3.63, 3.8) is 0 Å². The Morgan fingerprint density at radius 2 is 2.11 bits per heavy atom. The van der Waals surface area contributed by atoms with E-state index in [1.165, 1.54) is 0 Å². The first-order valence-electron chi connectivity index (χ1n) is 9.31. The number of nitrogens with one attached hydrogen (secondary N) is 1. The summed E-state index contributed by atoms with van der Waals surface area (Å²) in [6.45, 7) is -3.10. The second-order valence-corrected chi connectivity index (χ2v) is 3.77. The van der Waals surface area contributed by atoms with E-state index in [0.717, 1.165) is 0 Å². The van der Waals surface area contributed by atoms with Crippen molar-refractivity contribution in [1.29, 1.82) is 0 Å². The lowest BCUT2D eigenvalue weighted by atomic mass is 10.3. The van der Waals surface area contributed by atoms with Gasteiger partial charge >= 0.3 is 0 Å². The van der Waals surface area contributed by atoms with Gasteiger partial charge < -0.3 is 19.9 Å². The van der Waals surface area contributed by atoms with Crippen LogP contribution in [0.4, 0.5) is 0 Å². The Balaban J connectivity index is 2.67. The molecule has 0 bridgehead atoms. The fraction of sp³-hybridized carbons (Fsp3) is 0.467. The van der Waals surface area contributed by atoms with E-state index in [0.29, 0.717) is 11.5 Å². The van der Waals surface area contributed by atoms with Crippen LogP contribution < -0.4 is 14.8 Å². The average molecular weight is 272 g/mol. The van der Waals surface area contributed by atoms with Crippen molar-refractivity contribution in [3.8, 4) is 11.5 Å². The van der Waals surface area contributed by atoms with E-state index in [1.54, 1.807) is 30.3 Å². The molecule has 4 heteroatoms. The molecule has 0 saturated heterocycles. The van der Waals surface area contributed by atoms with Gasteiger partial charge in [0.25, 0.3) is 0 Å². The lowest BCUT2D eigenvalue weighted by Gasteiger charge is -2.16. The van der Waals surface area contributed by atoms with Gasteiger partial charge in [-0.25, -0.2) is 0 Å². The van der Waals surface area contributed by atoms with Crippen LogP contribution in [-0.4, -0.2) is 37.0 Å². The Morgan fingerprint density at radius 3 is 2.74 bits per heavy atom. The highest BCUT2D eigenvalue weighted by molar-refractivity contribution is 5.39. The number of rotatable bonds is 9. The van der Waals surface area contributed by atoms with Crippen LogP contribution in [0.5, 0.6) is 11.5 Å². The van der Waals surface area contributed by atoms with Gasteiger partial charge in [0.15, 0.2) is 11.5 Å². The van der Waals surface area contributed by atoms with E-state index in [4.69, 9.17) is 19.1 Å². The third-order valence-electron chi connectivity index (χ3n) is 2.15. The first-order chi connectivity index (χ1) is 11.9. The number of hydrogen-bond acceptors (Lipinski definition) is 4. The molecule has 0 spiro atoms. The fourth-order valence-corrected chi connectivity index (χ4v) is 1.30. The van der Waals surface area contributed by atoms with Gasteiger partial charge in [-0.3, -0.25) is 0 Å². The highest BCUT2D eigenvalue weighted by Gasteiger charge is 2.08. The van der Waals surface area contributed by atoms with Crippen molar-refractivity contribution >= 4 is 0 Å². The largest absolute Gasteiger partial charge is 0.487 e. The Kier molecular flexibility index (Phi) is 3.57. The van der Waals surface area contributed by atoms with Gasteiger partial charge in [-0.15, -0.1) is 0 Å². The summed E-state index contributed by atoms with van der Waals surface area (Å²) in [5.74, 6) is 0.796. The zero-order valence-corrected chi connectivity index (χ0v) is 10.6. The van der Waals surface area contributed by atoms with E-state index in [1.807, 2.05) is 0 Å². The zero-order valence-electron chi connectivity index (χ0n) is 17.6. The summed E-state index contributed by atoms with van der Waals surface area (Å²) in [4.78, 5) is 0. The molecule has 1 rings (SSSR count). The summed E-state index contributed by atoms with van der Waals surface area (Å²) < 4.78 is 62.5. The van der Waals surface area contributed by atoms with E-state index < -0.39 is 32.4 Å². The van der Waals surface area contributed by atoms with Crippen LogP contribution in [-0.2, 0) is 0 Å². The number of aliphatic hydroxyl groups is 1. The molecule has 1 aromatic rings. The molecule has 0 amide bonds. The molecule has 0 aromatic heterocycles. The first kappa shape index (κ1) is 7.92. The highest BCUT2D eigenvalue weighted by atomic mass is 16.5. The lowest BCUT2D eigenvalue weighted by molar-refractivity contribution is 0.102. The Hall–Kier alpha value is -1.52. The molecule has 2 N–H and O–H groups in total. The third-order valence-corrected chi connectivity index (χ3v) is 2.15. The number of hydrogen-bond donors (Lipinski definition) is 2. The molecule has 19 heavy (non-hydrogen) atoms. The molecular weight excluding hydrogens is 242 g/mol. The van der Waals surface area contributed by atoms with Crippen LogP contribution in [0, 0.1) is 0 Å². The first-order valence-corrected chi connectivity index (χ1v) is 5.81. The van der Waals surface area contributed by atoms with Crippen LogP contribution >= 0.6 is 0 Å². The highest BCUT2D eigenvalue weighted by Crippen LogP contribution is 2.26. The maximum absolute atomic E-state index is 9.98. The quantitative estimate of drug-likeness (QED) is 0.675. The summed E-state index contributed by atoms with van der Waals surface area (Å²) in [7, 11) is 0. The normalized spacial score (nSPS) is 19.5. The molecule has 0 aliphatic rings. The van der Waals surface area contributed by atoms with Crippen molar-refractivity contribution < 1.29 is 24.2 Å². The van der Waals surface area contributed by atoms with Crippen molar-refractivity contribution in [1.82, 2.24) is 5.32 Å². The maximum atomic E-state index is 9.98. The fourth-order valence-electron chi connectivity index (χ4n) is 1.30. The number of ether oxygens (including phenoxy) is 2. The predicted molar refractivity (Wildman–Crippen MR) is 76.8 cm³/mol. The van der Waals surface area contributed by atoms with Crippen LogP contribution in [0.1, 0.15) is 23.3 Å². The standard InChI is InChI=1S/C15H23NO3/c1-4-9-18-14-7-5-6-8-15(14)19-11-13(17)10-16-12(2)3/h4-8,12-13,16-17H,1,9-11H2,2-3H3/i2D3,3D3,12D. The van der Waals surface area contributed by atoms with Gasteiger partial charge in [-0.1, -0.05) is 38.5 Å². The molecular formula is C15H23NO3. The minimum absolute atomic E-state index is 0.250. The number of benzene rings is 1. The monoisotopic (exact) mass is 272 g/mol. The van der Waals surface area contributed by atoms with Crippen molar-refractivity contribution in [2.75, 3.05) is 19.8 Å². The second kappa shape index (κ2) is 8.56. The summed E-state index contributed by atoms with van der Waals surface area (Å²) in [5.41, 5.74) is 0. The van der Waals surface area contributed by atoms with Crippen LogP contribution in [0.3, 0.4) is 0 Å². The molecule has 0 aliphatic heterocycles. The molecule has 1 aromatic carbocycles. The number of aliphatic hydroxyl groups excluding tert-OH is 1. The lowest BCUT2D eigenvalue weighted by Crippen LogP contribution is -2.35. The smallest absolute Gasteiger partial charge is 0.161 e. The van der Waals surface area contributed by atoms with Gasteiger partial charge in [-0.2, -0.15) is 0 Å². The van der Waals surface area contributed by atoms with Gasteiger partial charge in [-0.05, 0) is 12.1 Å². The second-order valence-electron chi connectivity index (χ2n) is 3.77. The zero-order chi connectivity index (χ0) is 20.0. The third kappa shape index (κ3) is 6.27.